The van der Waals surface area contributed by atoms with Gasteiger partial charge in [-0.25, -0.2) is 4.98 Å². The number of hydrogen-bond donors (Lipinski definition) is 0. The fourth-order valence-corrected chi connectivity index (χ4v) is 4.97. The van der Waals surface area contributed by atoms with E-state index in [1.165, 1.54) is 0 Å². The van der Waals surface area contributed by atoms with Crippen LogP contribution in [-0.2, 0) is 10.2 Å². The minimum Gasteiger partial charge on any atom is -0.473 e. The van der Waals surface area contributed by atoms with Gasteiger partial charge in [0.05, 0.1) is 6.54 Å². The molecular formula is C15H24N4O3S. The lowest BCUT2D eigenvalue weighted by atomic mass is 10.1. The molecule has 1 aromatic heterocycles. The van der Waals surface area contributed by atoms with Gasteiger partial charge in [-0.1, -0.05) is 0 Å². The number of hydrogen-bond acceptors (Lipinski definition) is 5. The molecule has 1 atom stereocenters. The van der Waals surface area contributed by atoms with Crippen LogP contribution in [0.15, 0.2) is 6.07 Å². The second-order valence-electron chi connectivity index (χ2n) is 6.25. The predicted octanol–water partition coefficient (Wildman–Crippen LogP) is 1.28. The molecule has 1 aromatic rings. The maximum atomic E-state index is 12.7. The predicted molar refractivity (Wildman–Crippen MR) is 86.5 cm³/mol. The van der Waals surface area contributed by atoms with Crippen LogP contribution < -0.4 is 4.74 Å². The van der Waals surface area contributed by atoms with Crippen molar-refractivity contribution in [1.82, 2.24) is 18.6 Å². The average Bonchev–Trinajstić information content (AvgIpc) is 3.01. The van der Waals surface area contributed by atoms with Crippen molar-refractivity contribution in [2.45, 2.75) is 45.6 Å². The van der Waals surface area contributed by atoms with Gasteiger partial charge in [0, 0.05) is 31.4 Å². The monoisotopic (exact) mass is 340 g/mol. The Morgan fingerprint density at radius 1 is 1.09 bits per heavy atom. The smallest absolute Gasteiger partial charge is 0.282 e. The zero-order valence-electron chi connectivity index (χ0n) is 13.7. The Morgan fingerprint density at radius 2 is 1.78 bits per heavy atom. The van der Waals surface area contributed by atoms with E-state index in [0.717, 1.165) is 31.4 Å². The maximum Gasteiger partial charge on any atom is 0.282 e. The van der Waals surface area contributed by atoms with Crippen LogP contribution >= 0.6 is 0 Å². The van der Waals surface area contributed by atoms with E-state index in [1.54, 1.807) is 14.7 Å². The van der Waals surface area contributed by atoms with E-state index in [1.807, 2.05) is 13.8 Å². The molecule has 0 aliphatic carbocycles. The van der Waals surface area contributed by atoms with E-state index in [4.69, 9.17) is 4.74 Å². The molecule has 1 unspecified atom stereocenters. The minimum atomic E-state index is -3.35. The van der Waals surface area contributed by atoms with Crippen LogP contribution in [0.1, 0.15) is 37.2 Å². The second-order valence-corrected chi connectivity index (χ2v) is 8.18. The molecule has 0 spiro atoms. The van der Waals surface area contributed by atoms with Crippen LogP contribution in [0.4, 0.5) is 0 Å². The van der Waals surface area contributed by atoms with Gasteiger partial charge in [0.25, 0.3) is 10.2 Å². The third kappa shape index (κ3) is 3.81. The molecule has 23 heavy (non-hydrogen) atoms. The number of rotatable bonds is 4. The van der Waals surface area contributed by atoms with E-state index in [2.05, 4.69) is 9.97 Å². The minimum absolute atomic E-state index is 0.158. The van der Waals surface area contributed by atoms with Crippen LogP contribution in [0, 0.1) is 13.8 Å². The van der Waals surface area contributed by atoms with Gasteiger partial charge in [0.1, 0.15) is 11.9 Å². The topological polar surface area (TPSA) is 75.6 Å². The molecule has 0 aromatic carbocycles. The van der Waals surface area contributed by atoms with Crippen LogP contribution in [0.5, 0.6) is 5.88 Å². The lowest BCUT2D eigenvalue weighted by Crippen LogP contribution is -2.49. The van der Waals surface area contributed by atoms with Gasteiger partial charge in [-0.3, -0.25) is 0 Å². The number of aromatic nitrogens is 2. The van der Waals surface area contributed by atoms with Gasteiger partial charge in [-0.15, -0.1) is 0 Å². The summed E-state index contributed by atoms with van der Waals surface area (Å²) in [5, 5.41) is 0. The van der Waals surface area contributed by atoms with E-state index in [0.29, 0.717) is 37.9 Å². The van der Waals surface area contributed by atoms with Crippen molar-refractivity contribution < 1.29 is 13.2 Å². The molecule has 2 saturated heterocycles. The number of nitrogens with zero attached hydrogens (tertiary/aromatic N) is 4. The molecule has 3 rings (SSSR count). The second kappa shape index (κ2) is 6.70. The van der Waals surface area contributed by atoms with Crippen molar-refractivity contribution in [3.8, 4) is 5.88 Å². The number of aryl methyl sites for hydroxylation is 2. The molecule has 2 fully saturated rings. The van der Waals surface area contributed by atoms with E-state index in [-0.39, 0.29) is 6.10 Å². The Balaban J connectivity index is 1.68. The van der Waals surface area contributed by atoms with Crippen LogP contribution in [0.2, 0.25) is 0 Å². The quantitative estimate of drug-likeness (QED) is 0.825. The Morgan fingerprint density at radius 3 is 2.48 bits per heavy atom. The van der Waals surface area contributed by atoms with E-state index in [9.17, 15) is 8.42 Å². The number of piperidine rings is 1. The first kappa shape index (κ1) is 16.6. The Labute approximate surface area is 137 Å². The summed E-state index contributed by atoms with van der Waals surface area (Å²) >= 11 is 0. The van der Waals surface area contributed by atoms with Gasteiger partial charge in [0.15, 0.2) is 0 Å². The van der Waals surface area contributed by atoms with Crippen molar-refractivity contribution in [2.75, 3.05) is 26.2 Å². The van der Waals surface area contributed by atoms with Crippen molar-refractivity contribution in [3.63, 3.8) is 0 Å². The van der Waals surface area contributed by atoms with E-state index >= 15 is 0 Å². The Hall–Kier alpha value is -1.25. The molecule has 8 heteroatoms. The van der Waals surface area contributed by atoms with Crippen molar-refractivity contribution in [3.05, 3.63) is 17.6 Å². The first-order valence-corrected chi connectivity index (χ1v) is 9.59. The summed E-state index contributed by atoms with van der Waals surface area (Å²) in [6.45, 7) is 5.95. The normalized spacial score (nSPS) is 24.0. The molecular weight excluding hydrogens is 316 g/mol. The molecule has 0 amide bonds. The summed E-state index contributed by atoms with van der Waals surface area (Å²) in [5.74, 6) is 1.19. The molecule has 2 aliphatic rings. The third-order valence-corrected chi connectivity index (χ3v) is 6.29. The summed E-state index contributed by atoms with van der Waals surface area (Å²) < 4.78 is 34.4. The third-order valence-electron chi connectivity index (χ3n) is 4.29. The summed E-state index contributed by atoms with van der Waals surface area (Å²) in [6, 6.07) is 1.79. The Kier molecular flexibility index (Phi) is 4.84. The first-order chi connectivity index (χ1) is 10.9. The van der Waals surface area contributed by atoms with Crippen molar-refractivity contribution in [2.24, 2.45) is 0 Å². The molecule has 0 N–H and O–H groups in total. The van der Waals surface area contributed by atoms with Crippen LogP contribution in [0.25, 0.3) is 0 Å². The van der Waals surface area contributed by atoms with E-state index < -0.39 is 10.2 Å². The van der Waals surface area contributed by atoms with Crippen LogP contribution in [-0.4, -0.2) is 59.3 Å². The number of ether oxygens (including phenoxy) is 1. The highest BCUT2D eigenvalue weighted by atomic mass is 32.2. The summed E-state index contributed by atoms with van der Waals surface area (Å²) in [6.07, 6.45) is 3.39. The SMILES string of the molecule is Cc1cc(OC2CCCN(S(=O)(=O)N3CCCC3)C2)nc(C)n1. The fourth-order valence-electron chi connectivity index (χ4n) is 3.21. The van der Waals surface area contributed by atoms with Gasteiger partial charge in [-0.2, -0.15) is 22.0 Å². The molecule has 128 valence electrons. The standard InChI is InChI=1S/C15H24N4O3S/c1-12-10-15(17-13(2)16-12)22-14-6-5-9-19(11-14)23(20,21)18-7-3-4-8-18/h10,14H,3-9,11H2,1-2H3. The van der Waals surface area contributed by atoms with Gasteiger partial charge in [-0.05, 0) is 39.5 Å². The lowest BCUT2D eigenvalue weighted by Gasteiger charge is -2.34. The molecule has 0 bridgehead atoms. The summed E-state index contributed by atoms with van der Waals surface area (Å²) in [7, 11) is -3.35. The highest BCUT2D eigenvalue weighted by molar-refractivity contribution is 7.86. The van der Waals surface area contributed by atoms with Crippen molar-refractivity contribution >= 4 is 10.2 Å². The van der Waals surface area contributed by atoms with Crippen molar-refractivity contribution in [1.29, 1.82) is 0 Å². The highest BCUT2D eigenvalue weighted by Gasteiger charge is 2.35. The molecule has 0 saturated carbocycles. The van der Waals surface area contributed by atoms with Gasteiger partial charge < -0.3 is 4.74 Å². The largest absolute Gasteiger partial charge is 0.473 e. The highest BCUT2D eigenvalue weighted by Crippen LogP contribution is 2.23. The molecule has 2 aliphatic heterocycles. The average molecular weight is 340 g/mol. The van der Waals surface area contributed by atoms with Gasteiger partial charge >= 0.3 is 0 Å². The van der Waals surface area contributed by atoms with Gasteiger partial charge in [0.2, 0.25) is 5.88 Å². The Bertz CT molecular complexity index is 638. The molecule has 0 radical (unpaired) electrons. The molecule has 3 heterocycles. The lowest BCUT2D eigenvalue weighted by molar-refractivity contribution is 0.121. The summed E-state index contributed by atoms with van der Waals surface area (Å²) in [4.78, 5) is 8.51. The zero-order valence-corrected chi connectivity index (χ0v) is 14.5. The summed E-state index contributed by atoms with van der Waals surface area (Å²) in [5.41, 5.74) is 0.852. The fraction of sp³-hybridized carbons (Fsp3) is 0.733. The molecule has 7 nitrogen and oxygen atoms in total. The first-order valence-electron chi connectivity index (χ1n) is 8.19. The zero-order chi connectivity index (χ0) is 16.4. The maximum absolute atomic E-state index is 12.7. The van der Waals surface area contributed by atoms with Crippen LogP contribution in [0.3, 0.4) is 0 Å².